The van der Waals surface area contributed by atoms with Gasteiger partial charge in [-0.1, -0.05) is 0 Å². The van der Waals surface area contributed by atoms with Crippen molar-refractivity contribution < 1.29 is 27.8 Å². The molecule has 8 heteroatoms. The van der Waals surface area contributed by atoms with Gasteiger partial charge in [-0.3, -0.25) is 0 Å². The fraction of sp³-hybridized carbons (Fsp3) is 0.143. The predicted molar refractivity (Wildman–Crippen MR) is 45.6 cm³/mol. The van der Waals surface area contributed by atoms with Gasteiger partial charge in [-0.15, -0.1) is 13.2 Å². The van der Waals surface area contributed by atoms with Gasteiger partial charge >= 0.3 is 12.3 Å². The number of carbonyl (C=O) groups is 1. The summed E-state index contributed by atoms with van der Waals surface area (Å²) in [6.07, 6.45) is -3.94. The summed E-state index contributed by atoms with van der Waals surface area (Å²) in [6, 6.07) is 0.821. The number of hydrogen-bond donors (Lipinski definition) is 1. The molecule has 0 unspecified atom stereocenters. The Hall–Kier alpha value is -1.31. The van der Waals surface area contributed by atoms with Crippen molar-refractivity contribution in [3.63, 3.8) is 0 Å². The number of ether oxygens (including phenoxy) is 1. The lowest BCUT2D eigenvalue weighted by molar-refractivity contribution is -0.274. The van der Waals surface area contributed by atoms with Gasteiger partial charge in [-0.2, -0.15) is 0 Å². The SMILES string of the molecule is O=C(O)c1c(OC(F)(F)F)ccnc1Br. The maximum Gasteiger partial charge on any atom is 0.573 e. The molecule has 4 nitrogen and oxygen atoms in total. The second kappa shape index (κ2) is 4.05. The molecule has 0 aliphatic carbocycles. The third-order valence-corrected chi connectivity index (χ3v) is 1.91. The number of aromatic carboxylic acids is 1. The molecule has 1 N–H and O–H groups in total. The lowest BCUT2D eigenvalue weighted by atomic mass is 10.2. The van der Waals surface area contributed by atoms with Crippen molar-refractivity contribution in [2.75, 3.05) is 0 Å². The summed E-state index contributed by atoms with van der Waals surface area (Å²) in [5.74, 6) is -2.37. The molecule has 1 rings (SSSR count). The standard InChI is InChI=1S/C7H3BrF3NO3/c8-5-4(6(13)14)3(1-2-12-5)15-7(9,10)11/h1-2H,(H,13,14). The zero-order chi connectivity index (χ0) is 11.6. The van der Waals surface area contributed by atoms with Crippen molar-refractivity contribution >= 4 is 21.9 Å². The molecule has 0 radical (unpaired) electrons. The average Bonchev–Trinajstić information content (AvgIpc) is 1.99. The Kier molecular flexibility index (Phi) is 3.18. The molecule has 0 bridgehead atoms. The minimum absolute atomic E-state index is 0.225. The van der Waals surface area contributed by atoms with Gasteiger partial charge in [0.15, 0.2) is 0 Å². The molecule has 1 aromatic heterocycles. The van der Waals surface area contributed by atoms with E-state index in [-0.39, 0.29) is 4.60 Å². The van der Waals surface area contributed by atoms with E-state index in [1.807, 2.05) is 0 Å². The van der Waals surface area contributed by atoms with Crippen molar-refractivity contribution in [3.05, 3.63) is 22.4 Å². The Morgan fingerprint density at radius 3 is 2.60 bits per heavy atom. The first kappa shape index (κ1) is 11.8. The normalized spacial score (nSPS) is 11.2. The third kappa shape index (κ3) is 3.08. The number of carboxylic acids is 1. The maximum absolute atomic E-state index is 11.9. The number of hydrogen-bond acceptors (Lipinski definition) is 3. The topological polar surface area (TPSA) is 59.4 Å². The van der Waals surface area contributed by atoms with Gasteiger partial charge in [0.05, 0.1) is 0 Å². The largest absolute Gasteiger partial charge is 0.573 e. The summed E-state index contributed by atoms with van der Waals surface area (Å²) in [5.41, 5.74) is -0.671. The van der Waals surface area contributed by atoms with Gasteiger partial charge in [-0.25, -0.2) is 9.78 Å². The Morgan fingerprint density at radius 2 is 2.13 bits per heavy atom. The van der Waals surface area contributed by atoms with Crippen LogP contribution in [0.15, 0.2) is 16.9 Å². The van der Waals surface area contributed by atoms with Crippen LogP contribution in [0.1, 0.15) is 10.4 Å². The van der Waals surface area contributed by atoms with Gasteiger partial charge in [0.25, 0.3) is 0 Å². The van der Waals surface area contributed by atoms with E-state index in [0.717, 1.165) is 12.3 Å². The molecular formula is C7H3BrF3NO3. The molecule has 1 heterocycles. The van der Waals surface area contributed by atoms with Gasteiger partial charge in [0, 0.05) is 6.20 Å². The fourth-order valence-corrected chi connectivity index (χ4v) is 1.31. The van der Waals surface area contributed by atoms with Crippen molar-refractivity contribution in [2.45, 2.75) is 6.36 Å². The van der Waals surface area contributed by atoms with Crippen LogP contribution in [0.3, 0.4) is 0 Å². The second-order valence-electron chi connectivity index (χ2n) is 2.33. The van der Waals surface area contributed by atoms with Crippen molar-refractivity contribution in [1.82, 2.24) is 4.98 Å². The number of carboxylic acid groups (broad SMARTS) is 1. The smallest absolute Gasteiger partial charge is 0.477 e. The Balaban J connectivity index is 3.18. The summed E-state index contributed by atoms with van der Waals surface area (Å²) < 4.78 is 38.9. The minimum Gasteiger partial charge on any atom is -0.477 e. The molecule has 0 saturated heterocycles. The lowest BCUT2D eigenvalue weighted by Gasteiger charge is -2.11. The van der Waals surface area contributed by atoms with E-state index < -0.39 is 23.6 Å². The molecule has 0 aliphatic rings. The first-order chi connectivity index (χ1) is 6.81. The van der Waals surface area contributed by atoms with Crippen LogP contribution in [0.25, 0.3) is 0 Å². The Morgan fingerprint density at radius 1 is 1.53 bits per heavy atom. The molecule has 0 spiro atoms. The molecule has 0 aliphatic heterocycles. The van der Waals surface area contributed by atoms with Crippen molar-refractivity contribution in [1.29, 1.82) is 0 Å². The molecule has 82 valence electrons. The van der Waals surface area contributed by atoms with Crippen molar-refractivity contribution in [2.24, 2.45) is 0 Å². The third-order valence-electron chi connectivity index (χ3n) is 1.31. The van der Waals surface area contributed by atoms with E-state index in [9.17, 15) is 18.0 Å². The Bertz CT molecular complexity index is 394. The van der Waals surface area contributed by atoms with Crippen LogP contribution in [-0.2, 0) is 0 Å². The first-order valence-corrected chi connectivity index (χ1v) is 4.24. The highest BCUT2D eigenvalue weighted by Crippen LogP contribution is 2.29. The van der Waals surface area contributed by atoms with Crippen LogP contribution >= 0.6 is 15.9 Å². The van der Waals surface area contributed by atoms with Crippen LogP contribution in [-0.4, -0.2) is 22.4 Å². The number of aromatic nitrogens is 1. The molecule has 0 fully saturated rings. The molecular weight excluding hydrogens is 283 g/mol. The highest BCUT2D eigenvalue weighted by atomic mass is 79.9. The zero-order valence-corrected chi connectivity index (χ0v) is 8.46. The minimum atomic E-state index is -4.94. The first-order valence-electron chi connectivity index (χ1n) is 3.45. The number of nitrogens with zero attached hydrogens (tertiary/aromatic N) is 1. The summed E-state index contributed by atoms with van der Waals surface area (Å²) in [5, 5.41) is 8.63. The van der Waals surface area contributed by atoms with Crippen LogP contribution in [0.4, 0.5) is 13.2 Å². The van der Waals surface area contributed by atoms with E-state index in [1.54, 1.807) is 0 Å². The van der Waals surface area contributed by atoms with Crippen LogP contribution < -0.4 is 4.74 Å². The van der Waals surface area contributed by atoms with Gasteiger partial charge in [-0.05, 0) is 22.0 Å². The van der Waals surface area contributed by atoms with E-state index in [4.69, 9.17) is 5.11 Å². The van der Waals surface area contributed by atoms with E-state index in [1.165, 1.54) is 0 Å². The summed E-state index contributed by atoms with van der Waals surface area (Å²) in [7, 11) is 0. The summed E-state index contributed by atoms with van der Waals surface area (Å²) in [4.78, 5) is 14.1. The maximum atomic E-state index is 11.9. The highest BCUT2D eigenvalue weighted by molar-refractivity contribution is 9.10. The number of rotatable bonds is 2. The molecule has 1 aromatic rings. The van der Waals surface area contributed by atoms with E-state index >= 15 is 0 Å². The fourth-order valence-electron chi connectivity index (χ4n) is 0.823. The zero-order valence-electron chi connectivity index (χ0n) is 6.88. The number of alkyl halides is 3. The lowest BCUT2D eigenvalue weighted by Crippen LogP contribution is -2.19. The predicted octanol–water partition coefficient (Wildman–Crippen LogP) is 2.44. The molecule has 0 atom stereocenters. The quantitative estimate of drug-likeness (QED) is 0.848. The van der Waals surface area contributed by atoms with Gasteiger partial charge < -0.3 is 9.84 Å². The summed E-state index contributed by atoms with van der Waals surface area (Å²) >= 11 is 2.72. The number of pyridine rings is 1. The highest BCUT2D eigenvalue weighted by Gasteiger charge is 2.33. The second-order valence-corrected chi connectivity index (χ2v) is 3.08. The van der Waals surface area contributed by atoms with Crippen LogP contribution in [0.2, 0.25) is 0 Å². The van der Waals surface area contributed by atoms with Crippen molar-refractivity contribution in [3.8, 4) is 5.75 Å². The van der Waals surface area contributed by atoms with Gasteiger partial charge in [0.2, 0.25) is 0 Å². The monoisotopic (exact) mass is 285 g/mol. The molecule has 0 amide bonds. The van der Waals surface area contributed by atoms with Crippen LogP contribution in [0, 0.1) is 0 Å². The molecule has 0 aromatic carbocycles. The molecule has 15 heavy (non-hydrogen) atoms. The number of halogens is 4. The van der Waals surface area contributed by atoms with E-state index in [0.29, 0.717) is 0 Å². The average molecular weight is 286 g/mol. The Labute approximate surface area is 89.8 Å². The molecule has 0 saturated carbocycles. The van der Waals surface area contributed by atoms with Gasteiger partial charge in [0.1, 0.15) is 15.9 Å². The van der Waals surface area contributed by atoms with Crippen LogP contribution in [0.5, 0.6) is 5.75 Å². The van der Waals surface area contributed by atoms with E-state index in [2.05, 4.69) is 25.7 Å². The summed E-state index contributed by atoms with van der Waals surface area (Å²) in [6.45, 7) is 0.